The largest absolute Gasteiger partial charge is 0.480 e. The molecule has 1 aromatic rings. The van der Waals surface area contributed by atoms with Crippen LogP contribution >= 0.6 is 11.8 Å². The van der Waals surface area contributed by atoms with E-state index in [0.717, 1.165) is 11.3 Å². The second-order valence-corrected chi connectivity index (χ2v) is 8.15. The maximum absolute atomic E-state index is 12.7. The molecule has 0 heterocycles. The Balaban J connectivity index is 2.80. The summed E-state index contributed by atoms with van der Waals surface area (Å²) in [6, 6.07) is 6.47. The van der Waals surface area contributed by atoms with Gasteiger partial charge in [0.1, 0.15) is 12.1 Å². The van der Waals surface area contributed by atoms with Gasteiger partial charge >= 0.3 is 5.97 Å². The summed E-state index contributed by atoms with van der Waals surface area (Å²) >= 11 is 1.59. The quantitative estimate of drug-likeness (QED) is 0.414. The molecule has 0 unspecified atom stereocenters. The van der Waals surface area contributed by atoms with Crippen molar-refractivity contribution in [1.82, 2.24) is 10.6 Å². The Hall–Kier alpha value is -2.06. The minimum absolute atomic E-state index is 0.135. The van der Waals surface area contributed by atoms with E-state index in [0.29, 0.717) is 12.8 Å². The Labute approximate surface area is 170 Å². The van der Waals surface area contributed by atoms with Crippen LogP contribution in [-0.2, 0) is 20.8 Å². The van der Waals surface area contributed by atoms with Crippen LogP contribution in [0.1, 0.15) is 32.3 Å². The molecule has 0 bridgehead atoms. The van der Waals surface area contributed by atoms with Crippen molar-refractivity contribution in [3.05, 3.63) is 35.9 Å². The van der Waals surface area contributed by atoms with E-state index in [1.807, 2.05) is 38.3 Å². The van der Waals surface area contributed by atoms with E-state index in [1.54, 1.807) is 23.9 Å². The van der Waals surface area contributed by atoms with E-state index in [1.165, 1.54) is 0 Å². The second-order valence-electron chi connectivity index (χ2n) is 7.17. The zero-order valence-electron chi connectivity index (χ0n) is 16.7. The zero-order chi connectivity index (χ0) is 21.1. The number of rotatable bonds is 12. The lowest BCUT2D eigenvalue weighted by atomic mass is 10.0. The van der Waals surface area contributed by atoms with Crippen molar-refractivity contribution in [3.8, 4) is 0 Å². The van der Waals surface area contributed by atoms with Crippen molar-refractivity contribution in [2.45, 2.75) is 51.2 Å². The number of nitrogens with one attached hydrogen (secondary N) is 2. The molecule has 2 amide bonds. The van der Waals surface area contributed by atoms with Crippen LogP contribution in [0.5, 0.6) is 0 Å². The monoisotopic (exact) mass is 409 g/mol. The lowest BCUT2D eigenvalue weighted by Gasteiger charge is -2.24. The highest BCUT2D eigenvalue weighted by Crippen LogP contribution is 2.09. The molecule has 3 atom stereocenters. The summed E-state index contributed by atoms with van der Waals surface area (Å²) in [5, 5.41) is 14.7. The van der Waals surface area contributed by atoms with Crippen molar-refractivity contribution in [2.24, 2.45) is 11.7 Å². The second kappa shape index (κ2) is 12.4. The third-order valence-electron chi connectivity index (χ3n) is 4.21. The fourth-order valence-corrected chi connectivity index (χ4v) is 3.17. The van der Waals surface area contributed by atoms with Crippen LogP contribution in [0.15, 0.2) is 30.3 Å². The molecule has 7 nitrogen and oxygen atoms in total. The molecule has 0 fully saturated rings. The highest BCUT2D eigenvalue weighted by atomic mass is 32.2. The standard InChI is InChI=1S/C20H31N3O4S/c1-13(2)11-16(22-18(24)15(21)9-10-28-3)19(25)23-17(20(26)27)12-14-7-5-4-6-8-14/h4-8,13,15-17H,9-12,21H2,1-3H3,(H,22,24)(H,23,25)(H,26,27)/t15-,16-,17-/m0/s1. The van der Waals surface area contributed by atoms with Crippen LogP contribution in [0.2, 0.25) is 0 Å². The van der Waals surface area contributed by atoms with E-state index in [4.69, 9.17) is 5.73 Å². The molecule has 0 spiro atoms. The fourth-order valence-electron chi connectivity index (χ4n) is 2.68. The molecule has 0 saturated heterocycles. The molecule has 1 rings (SSSR count). The van der Waals surface area contributed by atoms with Gasteiger partial charge in [0.15, 0.2) is 0 Å². The third kappa shape index (κ3) is 8.75. The van der Waals surface area contributed by atoms with E-state index >= 15 is 0 Å². The number of thioether (sulfide) groups is 1. The predicted molar refractivity (Wildman–Crippen MR) is 112 cm³/mol. The zero-order valence-corrected chi connectivity index (χ0v) is 17.5. The van der Waals surface area contributed by atoms with Gasteiger partial charge in [-0.3, -0.25) is 9.59 Å². The van der Waals surface area contributed by atoms with Gasteiger partial charge in [-0.2, -0.15) is 11.8 Å². The summed E-state index contributed by atoms with van der Waals surface area (Å²) in [7, 11) is 0. The number of carbonyl (C=O) groups excluding carboxylic acids is 2. The van der Waals surface area contributed by atoms with Gasteiger partial charge in [-0.15, -0.1) is 0 Å². The molecular weight excluding hydrogens is 378 g/mol. The lowest BCUT2D eigenvalue weighted by Crippen LogP contribution is -2.55. The number of aliphatic carboxylic acids is 1. The minimum Gasteiger partial charge on any atom is -0.480 e. The molecule has 0 radical (unpaired) electrons. The first-order chi connectivity index (χ1) is 13.2. The van der Waals surface area contributed by atoms with Gasteiger partial charge in [0.25, 0.3) is 0 Å². The number of amides is 2. The van der Waals surface area contributed by atoms with Gasteiger partial charge in [0.05, 0.1) is 6.04 Å². The van der Waals surface area contributed by atoms with Gasteiger partial charge in [-0.1, -0.05) is 44.2 Å². The average Bonchev–Trinajstić information content (AvgIpc) is 2.65. The van der Waals surface area contributed by atoms with Gasteiger partial charge in [-0.05, 0) is 36.3 Å². The Morgan fingerprint density at radius 3 is 2.21 bits per heavy atom. The number of nitrogens with two attached hydrogens (primary N) is 1. The van der Waals surface area contributed by atoms with Crippen LogP contribution in [0.3, 0.4) is 0 Å². The first kappa shape index (κ1) is 24.0. The first-order valence-electron chi connectivity index (χ1n) is 9.36. The number of hydrogen-bond donors (Lipinski definition) is 4. The highest BCUT2D eigenvalue weighted by Gasteiger charge is 2.28. The molecule has 0 saturated carbocycles. The molecule has 1 aromatic carbocycles. The molecule has 0 aromatic heterocycles. The smallest absolute Gasteiger partial charge is 0.326 e. The average molecular weight is 410 g/mol. The fraction of sp³-hybridized carbons (Fsp3) is 0.550. The molecule has 28 heavy (non-hydrogen) atoms. The first-order valence-corrected chi connectivity index (χ1v) is 10.8. The van der Waals surface area contributed by atoms with Crippen LogP contribution in [0, 0.1) is 5.92 Å². The Kier molecular flexibility index (Phi) is 10.6. The molecule has 0 aliphatic carbocycles. The summed E-state index contributed by atoms with van der Waals surface area (Å²) in [4.78, 5) is 36.6. The van der Waals surface area contributed by atoms with Crippen LogP contribution in [0.4, 0.5) is 0 Å². The van der Waals surface area contributed by atoms with Crippen LogP contribution < -0.4 is 16.4 Å². The summed E-state index contributed by atoms with van der Waals surface area (Å²) in [6.45, 7) is 3.86. The number of carbonyl (C=O) groups is 3. The summed E-state index contributed by atoms with van der Waals surface area (Å²) in [6.07, 6.45) is 3.00. The summed E-state index contributed by atoms with van der Waals surface area (Å²) < 4.78 is 0. The normalized spacial score (nSPS) is 14.2. The highest BCUT2D eigenvalue weighted by molar-refractivity contribution is 7.98. The van der Waals surface area contributed by atoms with Gasteiger partial charge in [0, 0.05) is 6.42 Å². The lowest BCUT2D eigenvalue weighted by molar-refractivity contribution is -0.142. The van der Waals surface area contributed by atoms with Crippen molar-refractivity contribution >= 4 is 29.5 Å². The Morgan fingerprint density at radius 2 is 1.68 bits per heavy atom. The number of carboxylic acid groups (broad SMARTS) is 1. The molecule has 0 aliphatic heterocycles. The summed E-state index contributed by atoms with van der Waals surface area (Å²) in [5.41, 5.74) is 6.69. The maximum Gasteiger partial charge on any atom is 0.326 e. The molecule has 8 heteroatoms. The molecule has 0 aliphatic rings. The number of hydrogen-bond acceptors (Lipinski definition) is 5. The third-order valence-corrected chi connectivity index (χ3v) is 4.85. The van der Waals surface area contributed by atoms with Gasteiger partial charge < -0.3 is 21.5 Å². The predicted octanol–water partition coefficient (Wildman–Crippen LogP) is 1.41. The van der Waals surface area contributed by atoms with Crippen molar-refractivity contribution in [2.75, 3.05) is 12.0 Å². The Bertz CT molecular complexity index is 640. The van der Waals surface area contributed by atoms with E-state index in [-0.39, 0.29) is 12.3 Å². The van der Waals surface area contributed by atoms with E-state index in [2.05, 4.69) is 10.6 Å². The number of carboxylic acids is 1. The molecule has 156 valence electrons. The van der Waals surface area contributed by atoms with Crippen molar-refractivity contribution in [1.29, 1.82) is 0 Å². The summed E-state index contributed by atoms with van der Waals surface area (Å²) in [5.74, 6) is -1.15. The van der Waals surface area contributed by atoms with Crippen molar-refractivity contribution < 1.29 is 19.5 Å². The maximum atomic E-state index is 12.7. The molecule has 5 N–H and O–H groups in total. The van der Waals surface area contributed by atoms with Crippen molar-refractivity contribution in [3.63, 3.8) is 0 Å². The topological polar surface area (TPSA) is 122 Å². The SMILES string of the molecule is CSCC[C@H](N)C(=O)N[C@@H](CC(C)C)C(=O)N[C@@H](Cc1ccccc1)C(=O)O. The van der Waals surface area contributed by atoms with Gasteiger partial charge in [-0.25, -0.2) is 4.79 Å². The van der Waals surface area contributed by atoms with Gasteiger partial charge in [0.2, 0.25) is 11.8 Å². The molecular formula is C20H31N3O4S. The van der Waals surface area contributed by atoms with E-state index in [9.17, 15) is 19.5 Å². The van der Waals surface area contributed by atoms with Crippen LogP contribution in [0.25, 0.3) is 0 Å². The van der Waals surface area contributed by atoms with Crippen LogP contribution in [-0.4, -0.2) is 53.0 Å². The van der Waals surface area contributed by atoms with E-state index < -0.39 is 35.9 Å². The Morgan fingerprint density at radius 1 is 1.07 bits per heavy atom. The minimum atomic E-state index is -1.12. The number of benzene rings is 1.